The van der Waals surface area contributed by atoms with E-state index in [0.717, 1.165) is 11.1 Å². The normalized spacial score (nSPS) is 9.22. The van der Waals surface area contributed by atoms with E-state index in [2.05, 4.69) is 0 Å². The smallest absolute Gasteiger partial charge is 0.248 e. The molecule has 1 amide bonds. The van der Waals surface area contributed by atoms with Crippen LogP contribution in [0.1, 0.15) is 24.2 Å². The summed E-state index contributed by atoms with van der Waals surface area (Å²) >= 11 is 0. The Morgan fingerprint density at radius 1 is 0.944 bits per heavy atom. The second-order valence-electron chi connectivity index (χ2n) is 3.57. The lowest BCUT2D eigenvalue weighted by atomic mass is 10.0. The van der Waals surface area contributed by atoms with Gasteiger partial charge in [-0.25, -0.2) is 0 Å². The van der Waals surface area contributed by atoms with Crippen molar-refractivity contribution in [2.45, 2.75) is 13.8 Å². The van der Waals surface area contributed by atoms with Crippen molar-refractivity contribution in [3.05, 3.63) is 54.1 Å². The Hall–Kier alpha value is -2.29. The van der Waals surface area contributed by atoms with Gasteiger partial charge in [0.15, 0.2) is 0 Å². The molecule has 0 aliphatic carbocycles. The number of nitrogen functional groups attached to an aromatic ring is 1. The van der Waals surface area contributed by atoms with Gasteiger partial charge in [-0.3, -0.25) is 4.79 Å². The number of primary amides is 1. The van der Waals surface area contributed by atoms with Crippen molar-refractivity contribution in [3.8, 4) is 11.1 Å². The Morgan fingerprint density at radius 3 is 2.06 bits per heavy atom. The molecule has 0 spiro atoms. The van der Waals surface area contributed by atoms with Crippen molar-refractivity contribution < 1.29 is 4.79 Å². The van der Waals surface area contributed by atoms with Gasteiger partial charge in [0.2, 0.25) is 5.91 Å². The Labute approximate surface area is 107 Å². The molecule has 4 N–H and O–H groups in total. The number of benzene rings is 2. The standard InChI is InChI=1S/C13H12N2O.C2H6/c14-12-6-2-4-10(8-12)9-3-1-5-11(7-9)13(15)16;1-2/h1-8H,14H2,(H2,15,16);1-2H3. The van der Waals surface area contributed by atoms with Gasteiger partial charge < -0.3 is 11.5 Å². The average Bonchev–Trinajstić information content (AvgIpc) is 2.41. The highest BCUT2D eigenvalue weighted by Crippen LogP contribution is 2.22. The Kier molecular flexibility index (Phi) is 4.93. The van der Waals surface area contributed by atoms with Crippen molar-refractivity contribution in [1.82, 2.24) is 0 Å². The van der Waals surface area contributed by atoms with Gasteiger partial charge in [0.25, 0.3) is 0 Å². The van der Waals surface area contributed by atoms with Crippen LogP contribution in [0.2, 0.25) is 0 Å². The summed E-state index contributed by atoms with van der Waals surface area (Å²) in [5.41, 5.74) is 14.0. The van der Waals surface area contributed by atoms with Crippen LogP contribution in [0.5, 0.6) is 0 Å². The van der Waals surface area contributed by atoms with Crippen LogP contribution in [-0.4, -0.2) is 5.91 Å². The fourth-order valence-electron chi connectivity index (χ4n) is 1.57. The third-order valence-corrected chi connectivity index (χ3v) is 2.37. The van der Waals surface area contributed by atoms with E-state index in [1.807, 2.05) is 44.2 Å². The van der Waals surface area contributed by atoms with E-state index in [1.165, 1.54) is 0 Å². The van der Waals surface area contributed by atoms with Crippen molar-refractivity contribution in [1.29, 1.82) is 0 Å². The van der Waals surface area contributed by atoms with Crippen LogP contribution in [0.15, 0.2) is 48.5 Å². The SMILES string of the molecule is CC.NC(=O)c1cccc(-c2cccc(N)c2)c1. The minimum Gasteiger partial charge on any atom is -0.399 e. The molecule has 0 atom stereocenters. The molecule has 94 valence electrons. The van der Waals surface area contributed by atoms with E-state index in [4.69, 9.17) is 11.5 Å². The summed E-state index contributed by atoms with van der Waals surface area (Å²) < 4.78 is 0. The lowest BCUT2D eigenvalue weighted by Gasteiger charge is -2.04. The van der Waals surface area contributed by atoms with Gasteiger partial charge >= 0.3 is 0 Å². The first-order valence-electron chi connectivity index (χ1n) is 5.92. The number of hydrogen-bond acceptors (Lipinski definition) is 2. The van der Waals surface area contributed by atoms with Gasteiger partial charge in [-0.15, -0.1) is 0 Å². The minimum atomic E-state index is -0.425. The van der Waals surface area contributed by atoms with E-state index in [0.29, 0.717) is 11.3 Å². The topological polar surface area (TPSA) is 69.1 Å². The fraction of sp³-hybridized carbons (Fsp3) is 0.133. The van der Waals surface area contributed by atoms with Gasteiger partial charge in [-0.05, 0) is 35.4 Å². The molecular formula is C15H18N2O. The van der Waals surface area contributed by atoms with Crippen molar-refractivity contribution in [2.24, 2.45) is 5.73 Å². The van der Waals surface area contributed by atoms with Crippen LogP contribution in [0.4, 0.5) is 5.69 Å². The molecule has 0 unspecified atom stereocenters. The number of carbonyl (C=O) groups excluding carboxylic acids is 1. The molecule has 3 heteroatoms. The van der Waals surface area contributed by atoms with Crippen LogP contribution in [0.3, 0.4) is 0 Å². The summed E-state index contributed by atoms with van der Waals surface area (Å²) in [6.45, 7) is 4.00. The second-order valence-corrected chi connectivity index (χ2v) is 3.57. The molecule has 0 aromatic heterocycles. The number of carbonyl (C=O) groups is 1. The van der Waals surface area contributed by atoms with E-state index >= 15 is 0 Å². The molecule has 3 nitrogen and oxygen atoms in total. The highest BCUT2D eigenvalue weighted by atomic mass is 16.1. The first kappa shape index (κ1) is 13.8. The van der Waals surface area contributed by atoms with Crippen molar-refractivity contribution in [2.75, 3.05) is 5.73 Å². The molecule has 0 fully saturated rings. The molecule has 0 aliphatic rings. The maximum atomic E-state index is 11.0. The van der Waals surface area contributed by atoms with Gasteiger partial charge in [0.1, 0.15) is 0 Å². The molecular weight excluding hydrogens is 224 g/mol. The number of nitrogens with two attached hydrogens (primary N) is 2. The molecule has 0 aliphatic heterocycles. The largest absolute Gasteiger partial charge is 0.399 e. The predicted molar refractivity (Wildman–Crippen MR) is 76.2 cm³/mol. The molecule has 0 heterocycles. The zero-order chi connectivity index (χ0) is 13.5. The molecule has 2 aromatic carbocycles. The van der Waals surface area contributed by atoms with Crippen LogP contribution in [0.25, 0.3) is 11.1 Å². The molecule has 2 aromatic rings. The van der Waals surface area contributed by atoms with Crippen molar-refractivity contribution in [3.63, 3.8) is 0 Å². The summed E-state index contributed by atoms with van der Waals surface area (Å²) in [5.74, 6) is -0.425. The average molecular weight is 242 g/mol. The third-order valence-electron chi connectivity index (χ3n) is 2.37. The Morgan fingerprint density at radius 2 is 1.50 bits per heavy atom. The summed E-state index contributed by atoms with van der Waals surface area (Å²) in [6.07, 6.45) is 0. The molecule has 0 saturated carbocycles. The van der Waals surface area contributed by atoms with E-state index < -0.39 is 5.91 Å². The zero-order valence-corrected chi connectivity index (χ0v) is 10.7. The maximum absolute atomic E-state index is 11.0. The lowest BCUT2D eigenvalue weighted by molar-refractivity contribution is 0.100. The Balaban J connectivity index is 0.000000771. The summed E-state index contributed by atoms with van der Waals surface area (Å²) in [6, 6.07) is 14.7. The van der Waals surface area contributed by atoms with Gasteiger partial charge in [-0.2, -0.15) is 0 Å². The zero-order valence-electron chi connectivity index (χ0n) is 10.7. The maximum Gasteiger partial charge on any atom is 0.248 e. The Bertz CT molecular complexity index is 536. The van der Waals surface area contributed by atoms with E-state index in [1.54, 1.807) is 18.2 Å². The van der Waals surface area contributed by atoms with Crippen LogP contribution >= 0.6 is 0 Å². The monoisotopic (exact) mass is 242 g/mol. The molecule has 18 heavy (non-hydrogen) atoms. The lowest BCUT2D eigenvalue weighted by Crippen LogP contribution is -2.10. The third kappa shape index (κ3) is 3.35. The number of anilines is 1. The van der Waals surface area contributed by atoms with Crippen LogP contribution in [0, 0.1) is 0 Å². The number of amides is 1. The van der Waals surface area contributed by atoms with Gasteiger partial charge in [0.05, 0.1) is 0 Å². The predicted octanol–water partition coefficient (Wildman–Crippen LogP) is 3.06. The van der Waals surface area contributed by atoms with Gasteiger partial charge in [-0.1, -0.05) is 38.1 Å². The van der Waals surface area contributed by atoms with Crippen LogP contribution < -0.4 is 11.5 Å². The highest BCUT2D eigenvalue weighted by Gasteiger charge is 2.03. The minimum absolute atomic E-state index is 0.425. The second kappa shape index (κ2) is 6.45. The fourth-order valence-corrected chi connectivity index (χ4v) is 1.57. The quantitative estimate of drug-likeness (QED) is 0.794. The van der Waals surface area contributed by atoms with E-state index in [-0.39, 0.29) is 0 Å². The van der Waals surface area contributed by atoms with Crippen LogP contribution in [-0.2, 0) is 0 Å². The summed E-state index contributed by atoms with van der Waals surface area (Å²) in [4.78, 5) is 11.0. The number of hydrogen-bond donors (Lipinski definition) is 2. The molecule has 0 radical (unpaired) electrons. The molecule has 0 saturated heterocycles. The highest BCUT2D eigenvalue weighted by molar-refractivity contribution is 5.94. The van der Waals surface area contributed by atoms with Gasteiger partial charge in [0, 0.05) is 11.3 Å². The number of rotatable bonds is 2. The molecule has 0 bridgehead atoms. The first-order valence-corrected chi connectivity index (χ1v) is 5.92. The summed E-state index contributed by atoms with van der Waals surface area (Å²) in [7, 11) is 0. The van der Waals surface area contributed by atoms with E-state index in [9.17, 15) is 4.79 Å². The molecule has 2 rings (SSSR count). The first-order chi connectivity index (χ1) is 8.66. The summed E-state index contributed by atoms with van der Waals surface area (Å²) in [5, 5.41) is 0. The van der Waals surface area contributed by atoms with Crippen molar-refractivity contribution >= 4 is 11.6 Å².